The lowest BCUT2D eigenvalue weighted by Gasteiger charge is -2.33. The van der Waals surface area contributed by atoms with Gasteiger partial charge in [0.1, 0.15) is 5.75 Å². The SMILES string of the molecule is CCCCC[C@H]1C[C@@H](C(=O)Oc2ccc(CCC)cc2)C1. The zero-order valence-electron chi connectivity index (χ0n) is 13.4. The van der Waals surface area contributed by atoms with Gasteiger partial charge in [0.2, 0.25) is 0 Å². The fourth-order valence-electron chi connectivity index (χ4n) is 3.06. The fraction of sp³-hybridized carbons (Fsp3) is 0.632. The van der Waals surface area contributed by atoms with Gasteiger partial charge in [-0.15, -0.1) is 0 Å². The van der Waals surface area contributed by atoms with Crippen LogP contribution < -0.4 is 4.74 Å². The lowest BCUT2D eigenvalue weighted by molar-refractivity contribution is -0.143. The molecule has 0 heterocycles. The van der Waals surface area contributed by atoms with Crippen LogP contribution >= 0.6 is 0 Å². The molecule has 1 aromatic rings. The molecule has 1 aliphatic rings. The van der Waals surface area contributed by atoms with E-state index < -0.39 is 0 Å². The quantitative estimate of drug-likeness (QED) is 0.375. The van der Waals surface area contributed by atoms with Crippen LogP contribution in [0.5, 0.6) is 5.75 Å². The minimum Gasteiger partial charge on any atom is -0.426 e. The second-order valence-electron chi connectivity index (χ2n) is 6.35. The van der Waals surface area contributed by atoms with Crippen LogP contribution in [0, 0.1) is 11.8 Å². The second-order valence-corrected chi connectivity index (χ2v) is 6.35. The summed E-state index contributed by atoms with van der Waals surface area (Å²) >= 11 is 0. The van der Waals surface area contributed by atoms with Crippen molar-refractivity contribution in [2.75, 3.05) is 0 Å². The third kappa shape index (κ3) is 4.87. The van der Waals surface area contributed by atoms with Crippen molar-refractivity contribution in [3.8, 4) is 5.75 Å². The van der Waals surface area contributed by atoms with Crippen LogP contribution in [0.15, 0.2) is 24.3 Å². The first-order chi connectivity index (χ1) is 10.2. The molecular formula is C19H28O2. The van der Waals surface area contributed by atoms with E-state index >= 15 is 0 Å². The van der Waals surface area contributed by atoms with Crippen molar-refractivity contribution in [1.82, 2.24) is 0 Å². The van der Waals surface area contributed by atoms with Gasteiger partial charge in [-0.3, -0.25) is 4.79 Å². The summed E-state index contributed by atoms with van der Waals surface area (Å²) in [7, 11) is 0. The zero-order chi connectivity index (χ0) is 15.1. The third-order valence-corrected chi connectivity index (χ3v) is 4.47. The molecule has 21 heavy (non-hydrogen) atoms. The highest BCUT2D eigenvalue weighted by Crippen LogP contribution is 2.38. The van der Waals surface area contributed by atoms with E-state index in [9.17, 15) is 4.79 Å². The predicted molar refractivity (Wildman–Crippen MR) is 86.4 cm³/mol. The maximum atomic E-state index is 12.1. The Kier molecular flexibility index (Phi) is 6.28. The smallest absolute Gasteiger partial charge is 0.314 e. The van der Waals surface area contributed by atoms with E-state index in [1.54, 1.807) is 0 Å². The molecule has 0 aromatic heterocycles. The van der Waals surface area contributed by atoms with E-state index in [1.807, 2.05) is 12.1 Å². The molecule has 116 valence electrons. The summed E-state index contributed by atoms with van der Waals surface area (Å²) in [4.78, 5) is 12.1. The average molecular weight is 288 g/mol. The normalized spacial score (nSPS) is 20.9. The highest BCUT2D eigenvalue weighted by molar-refractivity contribution is 5.76. The summed E-state index contributed by atoms with van der Waals surface area (Å²) in [6, 6.07) is 7.95. The van der Waals surface area contributed by atoms with E-state index in [0.717, 1.165) is 31.6 Å². The van der Waals surface area contributed by atoms with Crippen LogP contribution in [-0.4, -0.2) is 5.97 Å². The first kappa shape index (κ1) is 16.1. The second kappa shape index (κ2) is 8.21. The molecule has 1 saturated carbocycles. The summed E-state index contributed by atoms with van der Waals surface area (Å²) in [5.41, 5.74) is 1.30. The maximum Gasteiger partial charge on any atom is 0.314 e. The van der Waals surface area contributed by atoms with Crippen molar-refractivity contribution in [3.63, 3.8) is 0 Å². The van der Waals surface area contributed by atoms with Gasteiger partial charge in [0.15, 0.2) is 0 Å². The van der Waals surface area contributed by atoms with E-state index in [4.69, 9.17) is 4.74 Å². The topological polar surface area (TPSA) is 26.3 Å². The molecule has 2 rings (SSSR count). The van der Waals surface area contributed by atoms with Gasteiger partial charge in [-0.05, 0) is 42.9 Å². The van der Waals surface area contributed by atoms with Crippen LogP contribution in [0.2, 0.25) is 0 Å². The van der Waals surface area contributed by atoms with Crippen LogP contribution in [0.25, 0.3) is 0 Å². The molecule has 0 atom stereocenters. The predicted octanol–water partition coefficient (Wildman–Crippen LogP) is 5.15. The van der Waals surface area contributed by atoms with Crippen LogP contribution in [0.1, 0.15) is 64.4 Å². The van der Waals surface area contributed by atoms with Gasteiger partial charge in [0.05, 0.1) is 5.92 Å². The molecule has 1 fully saturated rings. The van der Waals surface area contributed by atoms with Crippen molar-refractivity contribution < 1.29 is 9.53 Å². The molecule has 0 amide bonds. The van der Waals surface area contributed by atoms with Gasteiger partial charge in [-0.1, -0.05) is 58.1 Å². The monoisotopic (exact) mass is 288 g/mol. The van der Waals surface area contributed by atoms with Gasteiger partial charge in [-0.25, -0.2) is 0 Å². The van der Waals surface area contributed by atoms with Crippen molar-refractivity contribution in [1.29, 1.82) is 0 Å². The lowest BCUT2D eigenvalue weighted by atomic mass is 9.72. The summed E-state index contributed by atoms with van der Waals surface area (Å²) in [5, 5.41) is 0. The van der Waals surface area contributed by atoms with E-state index in [1.165, 1.54) is 31.2 Å². The van der Waals surface area contributed by atoms with Gasteiger partial charge < -0.3 is 4.74 Å². The van der Waals surface area contributed by atoms with E-state index in [2.05, 4.69) is 26.0 Å². The Morgan fingerprint density at radius 1 is 1.10 bits per heavy atom. The molecule has 0 bridgehead atoms. The summed E-state index contributed by atoms with van der Waals surface area (Å²) < 4.78 is 5.49. The van der Waals surface area contributed by atoms with E-state index in [-0.39, 0.29) is 11.9 Å². The van der Waals surface area contributed by atoms with Gasteiger partial charge >= 0.3 is 5.97 Å². The van der Waals surface area contributed by atoms with E-state index in [0.29, 0.717) is 5.75 Å². The first-order valence-electron chi connectivity index (χ1n) is 8.53. The molecule has 0 unspecified atom stereocenters. The lowest BCUT2D eigenvalue weighted by Crippen LogP contribution is -2.33. The van der Waals surface area contributed by atoms with Gasteiger partial charge in [0, 0.05) is 0 Å². The highest BCUT2D eigenvalue weighted by atomic mass is 16.5. The summed E-state index contributed by atoms with van der Waals surface area (Å²) in [6.07, 6.45) is 9.44. The number of rotatable bonds is 8. The van der Waals surface area contributed by atoms with Gasteiger partial charge in [0.25, 0.3) is 0 Å². The number of benzene rings is 1. The zero-order valence-corrected chi connectivity index (χ0v) is 13.4. The largest absolute Gasteiger partial charge is 0.426 e. The van der Waals surface area contributed by atoms with Crippen molar-refractivity contribution in [2.45, 2.75) is 65.2 Å². The van der Waals surface area contributed by atoms with Crippen LogP contribution in [0.3, 0.4) is 0 Å². The van der Waals surface area contributed by atoms with Gasteiger partial charge in [-0.2, -0.15) is 0 Å². The number of unbranched alkanes of at least 4 members (excludes halogenated alkanes) is 2. The number of aryl methyl sites for hydroxylation is 1. The Morgan fingerprint density at radius 3 is 2.43 bits per heavy atom. The summed E-state index contributed by atoms with van der Waals surface area (Å²) in [6.45, 7) is 4.40. The number of hydrogen-bond acceptors (Lipinski definition) is 2. The Labute approximate surface area is 128 Å². The number of ether oxygens (including phenoxy) is 1. The highest BCUT2D eigenvalue weighted by Gasteiger charge is 2.35. The van der Waals surface area contributed by atoms with Crippen LogP contribution in [-0.2, 0) is 11.2 Å². The molecule has 1 aromatic carbocycles. The number of carbonyl (C=O) groups is 1. The molecule has 0 radical (unpaired) electrons. The number of hydrogen-bond donors (Lipinski definition) is 0. The fourth-order valence-corrected chi connectivity index (χ4v) is 3.06. The van der Waals surface area contributed by atoms with Crippen molar-refractivity contribution in [3.05, 3.63) is 29.8 Å². The molecule has 2 nitrogen and oxygen atoms in total. The molecule has 0 aliphatic heterocycles. The molecule has 0 spiro atoms. The number of carbonyl (C=O) groups excluding carboxylic acids is 1. The van der Waals surface area contributed by atoms with Crippen molar-refractivity contribution in [2.24, 2.45) is 11.8 Å². The molecule has 0 saturated heterocycles. The summed E-state index contributed by atoms with van der Waals surface area (Å²) in [5.74, 6) is 1.53. The Balaban J connectivity index is 1.70. The Morgan fingerprint density at radius 2 is 1.81 bits per heavy atom. The Bertz CT molecular complexity index is 429. The minimum atomic E-state index is -0.0371. The maximum absolute atomic E-state index is 12.1. The molecule has 1 aliphatic carbocycles. The minimum absolute atomic E-state index is 0.0371. The molecular weight excluding hydrogens is 260 g/mol. The molecule has 2 heteroatoms. The standard InChI is InChI=1S/C19H28O2/c1-3-5-6-8-16-13-17(14-16)19(20)21-18-11-9-15(7-4-2)10-12-18/h9-12,16-17H,3-8,13-14H2,1-2H3/t16-,17+. The molecule has 0 N–H and O–H groups in total. The van der Waals surface area contributed by atoms with Crippen molar-refractivity contribution >= 4 is 5.97 Å². The van der Waals surface area contributed by atoms with Crippen LogP contribution in [0.4, 0.5) is 0 Å². The third-order valence-electron chi connectivity index (χ3n) is 4.47. The Hall–Kier alpha value is -1.31. The number of esters is 1. The first-order valence-corrected chi connectivity index (χ1v) is 8.53. The average Bonchev–Trinajstić information content (AvgIpc) is 2.43.